The van der Waals surface area contributed by atoms with Gasteiger partial charge in [0.15, 0.2) is 0 Å². The van der Waals surface area contributed by atoms with Crippen molar-refractivity contribution < 1.29 is 23.7 Å². The fraction of sp³-hybridized carbons (Fsp3) is 0.682. The lowest BCUT2D eigenvalue weighted by Gasteiger charge is -2.37. The van der Waals surface area contributed by atoms with E-state index in [1.165, 1.54) is 7.11 Å². The molecule has 166 valence electrons. The number of rotatable bonds is 12. The third-order valence-electron chi connectivity index (χ3n) is 5.51. The molecule has 0 amide bonds. The van der Waals surface area contributed by atoms with E-state index in [9.17, 15) is 14.5 Å². The largest absolute Gasteiger partial charge is 0.480 e. The number of para-hydroxylation sites is 1. The lowest BCUT2D eigenvalue weighted by molar-refractivity contribution is -0.146. The van der Waals surface area contributed by atoms with Crippen LogP contribution in [0.1, 0.15) is 84.3 Å². The van der Waals surface area contributed by atoms with Gasteiger partial charge in [0.2, 0.25) is 0 Å². The van der Waals surface area contributed by atoms with Crippen LogP contribution >= 0.6 is 7.52 Å². The molecule has 1 aromatic carbocycles. The number of benzene rings is 1. The molecule has 2 unspecified atom stereocenters. The van der Waals surface area contributed by atoms with E-state index in [2.05, 4.69) is 5.09 Å². The zero-order chi connectivity index (χ0) is 22.4. The fourth-order valence-electron chi connectivity index (χ4n) is 3.76. The number of hydrogen-bond acceptors (Lipinski definition) is 4. The molecule has 0 aliphatic rings. The van der Waals surface area contributed by atoms with E-state index in [1.807, 2.05) is 59.7 Å². The van der Waals surface area contributed by atoms with E-state index < -0.39 is 19.0 Å². The highest BCUT2D eigenvalue weighted by atomic mass is 31.2. The summed E-state index contributed by atoms with van der Waals surface area (Å²) in [6.07, 6.45) is 1.05. The molecule has 1 aromatic rings. The molecule has 0 aliphatic carbocycles. The fourth-order valence-corrected chi connectivity index (χ4v) is 5.75. The molecule has 2 N–H and O–H groups in total. The highest BCUT2D eigenvalue weighted by molar-refractivity contribution is 7.57. The molecule has 0 saturated heterocycles. The van der Waals surface area contributed by atoms with Crippen LogP contribution in [0.5, 0.6) is 5.75 Å². The van der Waals surface area contributed by atoms with Crippen LogP contribution in [0.3, 0.4) is 0 Å². The maximum absolute atomic E-state index is 13.9. The van der Waals surface area contributed by atoms with Crippen molar-refractivity contribution in [3.63, 3.8) is 0 Å². The molecular formula is C22H38NO5P. The van der Waals surface area contributed by atoms with Crippen LogP contribution in [-0.2, 0) is 14.1 Å². The third-order valence-corrected chi connectivity index (χ3v) is 7.39. The van der Waals surface area contributed by atoms with Gasteiger partial charge >= 0.3 is 13.5 Å². The topological polar surface area (TPSA) is 84.9 Å². The van der Waals surface area contributed by atoms with E-state index >= 15 is 0 Å². The highest BCUT2D eigenvalue weighted by Gasteiger charge is 2.46. The van der Waals surface area contributed by atoms with E-state index in [-0.39, 0.29) is 24.1 Å². The Labute approximate surface area is 175 Å². The number of carboxylic acid groups (broad SMARTS) is 1. The second-order valence-electron chi connectivity index (χ2n) is 8.39. The molecule has 0 heterocycles. The third kappa shape index (κ3) is 6.07. The number of hydrogen-bond donors (Lipinski definition) is 2. The van der Waals surface area contributed by atoms with Gasteiger partial charge in [-0.05, 0) is 35.8 Å². The van der Waals surface area contributed by atoms with Crippen LogP contribution in [0.2, 0.25) is 0 Å². The molecule has 29 heavy (non-hydrogen) atoms. The molecule has 0 spiro atoms. The van der Waals surface area contributed by atoms with Crippen molar-refractivity contribution in [1.82, 2.24) is 5.09 Å². The second kappa shape index (κ2) is 10.6. The molecule has 1 rings (SSSR count). The van der Waals surface area contributed by atoms with Crippen LogP contribution < -0.4 is 9.61 Å². The highest BCUT2D eigenvalue weighted by Crippen LogP contribution is 2.50. The van der Waals surface area contributed by atoms with Crippen LogP contribution in [0.25, 0.3) is 0 Å². The Morgan fingerprint density at radius 1 is 1.14 bits per heavy atom. The van der Waals surface area contributed by atoms with Crippen molar-refractivity contribution in [2.45, 2.75) is 78.7 Å². The molecule has 0 fully saturated rings. The first-order chi connectivity index (χ1) is 13.5. The second-order valence-corrected chi connectivity index (χ2v) is 10.4. The first kappa shape index (κ1) is 25.7. The van der Waals surface area contributed by atoms with Gasteiger partial charge in [0.25, 0.3) is 0 Å². The van der Waals surface area contributed by atoms with Gasteiger partial charge in [-0.15, -0.1) is 0 Å². The zero-order valence-corrected chi connectivity index (χ0v) is 20.0. The van der Waals surface area contributed by atoms with Crippen molar-refractivity contribution in [3.05, 3.63) is 29.3 Å². The van der Waals surface area contributed by atoms with Gasteiger partial charge in [-0.2, -0.15) is 0 Å². The Morgan fingerprint density at radius 2 is 1.62 bits per heavy atom. The number of ether oxygens (including phenoxy) is 1. The predicted molar refractivity (Wildman–Crippen MR) is 118 cm³/mol. The molecule has 7 heteroatoms. The smallest absolute Gasteiger partial charge is 0.342 e. The van der Waals surface area contributed by atoms with Gasteiger partial charge in [0.1, 0.15) is 17.6 Å². The minimum Gasteiger partial charge on any atom is -0.480 e. The number of carbonyl (C=O) groups is 1. The summed E-state index contributed by atoms with van der Waals surface area (Å²) in [7, 11) is -2.25. The van der Waals surface area contributed by atoms with E-state index in [1.54, 1.807) is 6.92 Å². The number of carboxylic acids is 1. The summed E-state index contributed by atoms with van der Waals surface area (Å²) in [4.78, 5) is 12.2. The van der Waals surface area contributed by atoms with Gasteiger partial charge in [-0.3, -0.25) is 9.36 Å². The SMILES string of the molecule is CCC(CC)C(C)(NP(=O)(COC)Oc1c(C(C)C)cccc1C(C)C)C(=O)O. The molecule has 0 saturated carbocycles. The van der Waals surface area contributed by atoms with Crippen molar-refractivity contribution in [2.24, 2.45) is 5.92 Å². The summed E-state index contributed by atoms with van der Waals surface area (Å²) >= 11 is 0. The molecule has 2 atom stereocenters. The molecule has 0 bridgehead atoms. The summed E-state index contributed by atoms with van der Waals surface area (Å²) in [6, 6.07) is 5.89. The number of nitrogens with one attached hydrogen (secondary N) is 1. The van der Waals surface area contributed by atoms with Gasteiger partial charge < -0.3 is 14.4 Å². The first-order valence-electron chi connectivity index (χ1n) is 10.4. The molecule has 0 aromatic heterocycles. The van der Waals surface area contributed by atoms with E-state index in [0.717, 1.165) is 11.1 Å². The Morgan fingerprint density at radius 3 is 1.97 bits per heavy atom. The monoisotopic (exact) mass is 427 g/mol. The summed E-state index contributed by atoms with van der Waals surface area (Å²) in [6.45, 7) is 13.6. The van der Waals surface area contributed by atoms with Crippen LogP contribution in [0.4, 0.5) is 0 Å². The maximum atomic E-state index is 13.9. The summed E-state index contributed by atoms with van der Waals surface area (Å²) in [5.41, 5.74) is 0.477. The predicted octanol–water partition coefficient (Wildman–Crippen LogP) is 5.98. The molecule has 0 radical (unpaired) electrons. The quantitative estimate of drug-likeness (QED) is 0.399. The Balaban J connectivity index is 3.51. The zero-order valence-electron chi connectivity index (χ0n) is 19.1. The summed E-state index contributed by atoms with van der Waals surface area (Å²) in [5.74, 6) is -0.386. The van der Waals surface area contributed by atoms with Gasteiger partial charge in [0, 0.05) is 7.11 Å². The van der Waals surface area contributed by atoms with E-state index in [4.69, 9.17) is 9.26 Å². The lowest BCUT2D eigenvalue weighted by atomic mass is 9.83. The van der Waals surface area contributed by atoms with Crippen molar-refractivity contribution in [2.75, 3.05) is 13.5 Å². The molecular weight excluding hydrogens is 389 g/mol. The Kier molecular flexibility index (Phi) is 9.39. The van der Waals surface area contributed by atoms with Gasteiger partial charge in [-0.1, -0.05) is 72.6 Å². The maximum Gasteiger partial charge on any atom is 0.342 e. The number of aliphatic carboxylic acids is 1. The van der Waals surface area contributed by atoms with Crippen LogP contribution in [-0.4, -0.2) is 30.1 Å². The molecule has 6 nitrogen and oxygen atoms in total. The lowest BCUT2D eigenvalue weighted by Crippen LogP contribution is -2.54. The average molecular weight is 428 g/mol. The normalized spacial score (nSPS) is 16.1. The minimum atomic E-state index is -3.68. The van der Waals surface area contributed by atoms with E-state index in [0.29, 0.717) is 18.6 Å². The van der Waals surface area contributed by atoms with Crippen LogP contribution in [0.15, 0.2) is 18.2 Å². The standard InChI is InChI=1S/C22H38NO5P/c1-9-17(10-2)22(7,21(24)25)23-29(26,14-27-8)28-20-18(15(3)4)12-11-13-19(20)16(5)6/h11-13,15-17H,9-10,14H2,1-8H3,(H,23,26)(H,24,25). The van der Waals surface area contributed by atoms with Crippen molar-refractivity contribution in [1.29, 1.82) is 0 Å². The minimum absolute atomic E-state index is 0.157. The van der Waals surface area contributed by atoms with Gasteiger partial charge in [-0.25, -0.2) is 5.09 Å². The first-order valence-corrected chi connectivity index (χ1v) is 12.2. The van der Waals surface area contributed by atoms with Crippen LogP contribution in [0, 0.1) is 5.92 Å². The van der Waals surface area contributed by atoms with Crippen molar-refractivity contribution in [3.8, 4) is 5.75 Å². The Hall–Kier alpha value is -1.36. The summed E-state index contributed by atoms with van der Waals surface area (Å²) < 4.78 is 25.2. The average Bonchev–Trinajstić information content (AvgIpc) is 2.62. The number of methoxy groups -OCH3 is 1. The van der Waals surface area contributed by atoms with Gasteiger partial charge in [0.05, 0.1) is 0 Å². The van der Waals surface area contributed by atoms with Crippen molar-refractivity contribution >= 4 is 13.5 Å². The molecule has 0 aliphatic heterocycles. The Bertz CT molecular complexity index is 704. The summed E-state index contributed by atoms with van der Waals surface area (Å²) in [5, 5.41) is 12.9.